The van der Waals surface area contributed by atoms with E-state index in [9.17, 15) is 84.1 Å². The van der Waals surface area contributed by atoms with Gasteiger partial charge in [-0.25, -0.2) is 9.59 Å². The van der Waals surface area contributed by atoms with Crippen LogP contribution in [-0.4, -0.2) is 200 Å². The van der Waals surface area contributed by atoms with E-state index < -0.39 is 156 Å². The summed E-state index contributed by atoms with van der Waals surface area (Å²) in [5.74, 6) is -15.1. The number of nitrogens with one attached hydrogen (secondary N) is 2. The lowest BCUT2D eigenvalue weighted by Crippen LogP contribution is -2.73. The van der Waals surface area contributed by atoms with Crippen molar-refractivity contribution in [3.63, 3.8) is 0 Å². The second-order valence-electron chi connectivity index (χ2n) is 12.2. The molecule has 0 radical (unpaired) electrons. The Kier molecular flexibility index (Phi) is 13.6. The molecule has 1 amide bonds. The zero-order chi connectivity index (χ0) is 40.5. The molecule has 2 fully saturated rings. The van der Waals surface area contributed by atoms with Gasteiger partial charge in [0.2, 0.25) is 29.0 Å². The smallest absolute Gasteiger partial charge is 0.374 e. The first-order chi connectivity index (χ1) is 24.3. The van der Waals surface area contributed by atoms with Crippen molar-refractivity contribution < 1.29 is 118 Å². The van der Waals surface area contributed by atoms with E-state index in [1.165, 1.54) is 4.72 Å². The third-order valence-corrected chi connectivity index (χ3v) is 8.96. The van der Waals surface area contributed by atoms with Gasteiger partial charge in [-0.2, -0.15) is 13.1 Å². The molecule has 304 valence electrons. The van der Waals surface area contributed by atoms with E-state index in [2.05, 4.69) is 5.32 Å². The molecule has 4 aliphatic heterocycles. The first-order valence-corrected chi connectivity index (χ1v) is 16.6. The minimum Gasteiger partial charge on any atom is -0.506 e. The third-order valence-electron chi connectivity index (χ3n) is 8.41. The van der Waals surface area contributed by atoms with Crippen LogP contribution < -0.4 is 10.0 Å². The number of ether oxygens (including phenoxy) is 4. The predicted molar refractivity (Wildman–Crippen MR) is 159 cm³/mol. The molecule has 0 bridgehead atoms. The maximum Gasteiger partial charge on any atom is 0.374 e. The van der Waals surface area contributed by atoms with Crippen molar-refractivity contribution in [3.8, 4) is 0 Å². The van der Waals surface area contributed by atoms with E-state index in [1.807, 2.05) is 0 Å². The molecule has 2 saturated heterocycles. The summed E-state index contributed by atoms with van der Waals surface area (Å²) in [6.07, 6.45) is -19.4. The zero-order valence-corrected chi connectivity index (χ0v) is 27.9. The number of hydrogen-bond acceptors (Lipinski definition) is 21. The number of aliphatic hydroxyl groups excluding tert-OH is 10. The van der Waals surface area contributed by atoms with Gasteiger partial charge < -0.3 is 95.8 Å². The van der Waals surface area contributed by atoms with Crippen molar-refractivity contribution in [1.82, 2.24) is 10.0 Å². The van der Waals surface area contributed by atoms with Crippen molar-refractivity contribution in [2.75, 3.05) is 13.2 Å². The van der Waals surface area contributed by atoms with Crippen LogP contribution in [0.4, 0.5) is 0 Å². The van der Waals surface area contributed by atoms with Gasteiger partial charge in [-0.3, -0.25) is 9.35 Å². The lowest BCUT2D eigenvalue weighted by Gasteiger charge is -2.50. The molecule has 4 unspecified atom stereocenters. The SMILES string of the molecule is CC(=O)N[C@@H]1[C@@H](O)C[C@@H](CO)OC1(O)C1OC(C(=O)O)=C(O)[C@@H](O)[C@@H]1O.O=C(O)C1=C(O)[C@@H](O)[C@H](O)C(C2(O)O[C@H](CO)C[C@H](O)[C@H]2NS(=O)(=O)O)O1. The monoisotopic (exact) mass is 796 g/mol. The van der Waals surface area contributed by atoms with Gasteiger partial charge in [-0.15, -0.1) is 0 Å². The summed E-state index contributed by atoms with van der Waals surface area (Å²) in [6, 6.07) is -3.71. The molecule has 53 heavy (non-hydrogen) atoms. The maximum absolute atomic E-state index is 11.4. The largest absolute Gasteiger partial charge is 0.506 e. The van der Waals surface area contributed by atoms with Crippen LogP contribution in [0.5, 0.6) is 0 Å². The summed E-state index contributed by atoms with van der Waals surface area (Å²) in [5, 5.41) is 140. The molecular formula is C26H40N2O24S. The molecule has 0 spiro atoms. The number of carbonyl (C=O) groups excluding carboxylic acids is 1. The Balaban J connectivity index is 0.000000286. The van der Waals surface area contributed by atoms with Crippen LogP contribution in [0.25, 0.3) is 0 Å². The molecule has 0 aromatic rings. The highest BCUT2D eigenvalue weighted by atomic mass is 32.2. The van der Waals surface area contributed by atoms with Crippen LogP contribution in [0, 0.1) is 0 Å². The van der Waals surface area contributed by atoms with Gasteiger partial charge in [0, 0.05) is 19.8 Å². The Hall–Kier alpha value is -3.52. The van der Waals surface area contributed by atoms with Crippen LogP contribution in [0.3, 0.4) is 0 Å². The second kappa shape index (κ2) is 16.5. The molecule has 0 aliphatic carbocycles. The topological polar surface area (TPSA) is 450 Å². The summed E-state index contributed by atoms with van der Waals surface area (Å²) in [5.41, 5.74) is 0. The van der Waals surface area contributed by atoms with Gasteiger partial charge in [0.1, 0.15) is 36.5 Å². The minimum atomic E-state index is -5.05. The summed E-state index contributed by atoms with van der Waals surface area (Å²) in [6.45, 7) is -0.354. The lowest BCUT2D eigenvalue weighted by molar-refractivity contribution is -0.346. The number of rotatable bonds is 9. The zero-order valence-electron chi connectivity index (χ0n) is 27.0. The Labute approximate surface area is 296 Å². The lowest BCUT2D eigenvalue weighted by atomic mass is 9.84. The number of hydrogen-bond donors (Lipinski definition) is 17. The fourth-order valence-electron chi connectivity index (χ4n) is 6.01. The van der Waals surface area contributed by atoms with Gasteiger partial charge in [0.15, 0.2) is 23.7 Å². The normalized spacial score (nSPS) is 40.6. The Bertz CT molecular complexity index is 1560. The number of aliphatic hydroxyl groups is 12. The maximum atomic E-state index is 11.4. The summed E-state index contributed by atoms with van der Waals surface area (Å²) < 4.78 is 52.8. The molecule has 0 aromatic carbocycles. The molecule has 0 saturated carbocycles. The first kappa shape index (κ1) is 43.9. The highest BCUT2D eigenvalue weighted by Crippen LogP contribution is 2.40. The second-order valence-corrected chi connectivity index (χ2v) is 13.4. The van der Waals surface area contributed by atoms with Gasteiger partial charge >= 0.3 is 22.2 Å². The highest BCUT2D eigenvalue weighted by Gasteiger charge is 2.62. The van der Waals surface area contributed by atoms with E-state index in [0.29, 0.717) is 0 Å². The van der Waals surface area contributed by atoms with E-state index in [4.69, 9.17) is 33.7 Å². The van der Waals surface area contributed by atoms with Gasteiger partial charge in [0.25, 0.3) is 0 Å². The number of carbonyl (C=O) groups is 3. The summed E-state index contributed by atoms with van der Waals surface area (Å²) in [7, 11) is -5.05. The first-order valence-electron chi connectivity index (χ1n) is 15.1. The number of carboxylic acids is 2. The van der Waals surface area contributed by atoms with Crippen LogP contribution in [-0.2, 0) is 43.6 Å². The molecule has 4 rings (SSSR count). The minimum absolute atomic E-state index is 0.192. The van der Waals surface area contributed by atoms with Crippen LogP contribution in [0.15, 0.2) is 23.0 Å². The summed E-state index contributed by atoms with van der Waals surface area (Å²) >= 11 is 0. The average Bonchev–Trinajstić information content (AvgIpc) is 3.05. The van der Waals surface area contributed by atoms with Crippen LogP contribution >= 0.6 is 0 Å². The van der Waals surface area contributed by atoms with Crippen molar-refractivity contribution in [1.29, 1.82) is 0 Å². The van der Waals surface area contributed by atoms with Crippen LogP contribution in [0.2, 0.25) is 0 Å². The Morgan fingerprint density at radius 3 is 1.42 bits per heavy atom. The molecule has 14 atom stereocenters. The third kappa shape index (κ3) is 9.07. The van der Waals surface area contributed by atoms with Gasteiger partial charge in [-0.05, 0) is 0 Å². The van der Waals surface area contributed by atoms with Gasteiger partial charge in [0.05, 0.1) is 37.6 Å². The number of carboxylic acid groups (broad SMARTS) is 2. The molecular weight excluding hydrogens is 756 g/mol. The quantitative estimate of drug-likeness (QED) is 0.0963. The fraction of sp³-hybridized carbons (Fsp3) is 0.731. The van der Waals surface area contributed by atoms with E-state index >= 15 is 0 Å². The van der Waals surface area contributed by atoms with Gasteiger partial charge in [-0.1, -0.05) is 0 Å². The molecule has 4 aliphatic rings. The van der Waals surface area contributed by atoms with E-state index in [1.54, 1.807) is 0 Å². The Morgan fingerprint density at radius 2 is 1.09 bits per heavy atom. The van der Waals surface area contributed by atoms with Crippen molar-refractivity contribution in [3.05, 3.63) is 23.0 Å². The molecule has 27 heteroatoms. The molecule has 0 aromatic heterocycles. The van der Waals surface area contributed by atoms with E-state index in [-0.39, 0.29) is 6.42 Å². The average molecular weight is 797 g/mol. The highest BCUT2D eigenvalue weighted by molar-refractivity contribution is 7.83. The number of aliphatic carboxylic acids is 2. The van der Waals surface area contributed by atoms with Crippen molar-refractivity contribution >= 4 is 28.1 Å². The Morgan fingerprint density at radius 1 is 0.736 bits per heavy atom. The number of amides is 1. The predicted octanol–water partition coefficient (Wildman–Crippen LogP) is -8.15. The molecule has 4 heterocycles. The molecule has 17 N–H and O–H groups in total. The standard InChI is InChI=1S/C14H21NO11.C12H19NO13S/c1-4(17)15-11-6(18)2-5(3-16)26-14(11,24)12-9(21)7(19)8(20)10(25-12)13(22)23;14-2-3-1-4(15)9(13-27(22,23)24)12(21,26-3)10-7(18)5(16)6(17)8(25-10)11(19)20/h5-7,9,11-12,16,18-21,24H,2-3H2,1H3,(H,15,17)(H,22,23);3-5,7,9-10,13-18,21H,1-2H2,(H,19,20)(H,22,23,24)/t5-,6-,7+,9-,11+,12?,14?;3-,4-,5+,7-,9+,10?,12?/m00/s1. The fourth-order valence-corrected chi connectivity index (χ4v) is 6.65. The van der Waals surface area contributed by atoms with Crippen LogP contribution in [0.1, 0.15) is 19.8 Å². The molecule has 26 nitrogen and oxygen atoms in total. The summed E-state index contributed by atoms with van der Waals surface area (Å²) in [4.78, 5) is 33.7. The van der Waals surface area contributed by atoms with Crippen molar-refractivity contribution in [2.24, 2.45) is 0 Å². The van der Waals surface area contributed by atoms with Crippen molar-refractivity contribution in [2.45, 2.75) is 104 Å². The van der Waals surface area contributed by atoms with E-state index in [0.717, 1.165) is 6.92 Å².